The van der Waals surface area contributed by atoms with E-state index in [4.69, 9.17) is 5.11 Å². The van der Waals surface area contributed by atoms with Crippen LogP contribution in [0.4, 0.5) is 10.5 Å². The van der Waals surface area contributed by atoms with E-state index in [0.29, 0.717) is 11.6 Å². The average Bonchev–Trinajstić information content (AvgIpc) is 2.42. The van der Waals surface area contributed by atoms with E-state index in [1.54, 1.807) is 24.3 Å². The zero-order chi connectivity index (χ0) is 15.1. The van der Waals surface area contributed by atoms with Gasteiger partial charge in [0.05, 0.1) is 0 Å². The highest BCUT2D eigenvalue weighted by molar-refractivity contribution is 5.96. The summed E-state index contributed by atoms with van der Waals surface area (Å²) in [6.07, 6.45) is 0.805. The van der Waals surface area contributed by atoms with Crippen LogP contribution in [0.1, 0.15) is 27.2 Å². The summed E-state index contributed by atoms with van der Waals surface area (Å²) in [5.41, 5.74) is 0.575. The molecule has 20 heavy (non-hydrogen) atoms. The number of urea groups is 1. The molecule has 5 nitrogen and oxygen atoms in total. The number of nitrogens with one attached hydrogen (secondary N) is 1. The van der Waals surface area contributed by atoms with Crippen LogP contribution in [0, 0.1) is 5.92 Å². The monoisotopic (exact) mass is 278 g/mol. The predicted molar refractivity (Wildman–Crippen MR) is 78.9 cm³/mol. The van der Waals surface area contributed by atoms with E-state index in [1.165, 1.54) is 4.90 Å². The molecular formula is C15H22N2O3. The smallest absolute Gasteiger partial charge is 0.323 e. The zero-order valence-corrected chi connectivity index (χ0v) is 12.2. The lowest BCUT2D eigenvalue weighted by Crippen LogP contribution is -2.48. The maximum absolute atomic E-state index is 12.3. The normalized spacial score (nSPS) is 12.0. The van der Waals surface area contributed by atoms with Crippen LogP contribution < -0.4 is 10.2 Å². The molecule has 0 aromatic heterocycles. The highest BCUT2D eigenvalue weighted by Crippen LogP contribution is 2.14. The molecule has 0 saturated heterocycles. The molecule has 0 aliphatic rings. The number of carboxylic acids is 1. The van der Waals surface area contributed by atoms with Gasteiger partial charge < -0.3 is 10.4 Å². The van der Waals surface area contributed by atoms with Crippen molar-refractivity contribution in [3.8, 4) is 0 Å². The third-order valence-corrected chi connectivity index (χ3v) is 3.16. The van der Waals surface area contributed by atoms with Crippen molar-refractivity contribution in [1.29, 1.82) is 0 Å². The molecule has 0 bridgehead atoms. The van der Waals surface area contributed by atoms with Gasteiger partial charge in [0.2, 0.25) is 0 Å². The molecule has 0 fully saturated rings. The van der Waals surface area contributed by atoms with Crippen LogP contribution in [0.2, 0.25) is 0 Å². The maximum atomic E-state index is 12.3. The lowest BCUT2D eigenvalue weighted by atomic mass is 10.0. The largest absolute Gasteiger partial charge is 0.480 e. The molecule has 0 spiro atoms. The first kappa shape index (κ1) is 16.0. The van der Waals surface area contributed by atoms with Crippen LogP contribution >= 0.6 is 0 Å². The Balaban J connectivity index is 2.88. The van der Waals surface area contributed by atoms with Crippen LogP contribution in [-0.2, 0) is 4.79 Å². The number of hydrogen-bond acceptors (Lipinski definition) is 2. The van der Waals surface area contributed by atoms with E-state index < -0.39 is 5.97 Å². The van der Waals surface area contributed by atoms with Gasteiger partial charge in [0, 0.05) is 11.7 Å². The molecule has 0 aliphatic carbocycles. The van der Waals surface area contributed by atoms with Crippen LogP contribution in [0.5, 0.6) is 0 Å². The molecular weight excluding hydrogens is 256 g/mol. The fourth-order valence-electron chi connectivity index (χ4n) is 2.00. The molecule has 2 amide bonds. The lowest BCUT2D eigenvalue weighted by Gasteiger charge is -2.26. The Morgan fingerprint density at radius 3 is 2.30 bits per heavy atom. The van der Waals surface area contributed by atoms with E-state index in [9.17, 15) is 9.59 Å². The van der Waals surface area contributed by atoms with Crippen molar-refractivity contribution in [3.63, 3.8) is 0 Å². The van der Waals surface area contributed by atoms with E-state index in [1.807, 2.05) is 26.8 Å². The molecule has 0 aliphatic heterocycles. The standard InChI is InChI=1S/C15H22N2O3/c1-4-13(11(2)3)16-15(20)17(10-14(18)19)12-8-6-5-7-9-12/h5-9,11,13H,4,10H2,1-3H3,(H,16,20)(H,18,19). The maximum Gasteiger partial charge on any atom is 0.323 e. The second kappa shape index (κ2) is 7.53. The fourth-order valence-corrected chi connectivity index (χ4v) is 2.00. The third-order valence-electron chi connectivity index (χ3n) is 3.16. The van der Waals surface area contributed by atoms with Crippen molar-refractivity contribution >= 4 is 17.7 Å². The quantitative estimate of drug-likeness (QED) is 0.840. The van der Waals surface area contributed by atoms with Crippen LogP contribution in [0.25, 0.3) is 0 Å². The Hall–Kier alpha value is -2.04. The molecule has 1 unspecified atom stereocenters. The minimum atomic E-state index is -1.04. The zero-order valence-electron chi connectivity index (χ0n) is 12.2. The Morgan fingerprint density at radius 1 is 1.25 bits per heavy atom. The van der Waals surface area contributed by atoms with Gasteiger partial charge in [-0.2, -0.15) is 0 Å². The number of benzene rings is 1. The lowest BCUT2D eigenvalue weighted by molar-refractivity contribution is -0.135. The number of aliphatic carboxylic acids is 1. The molecule has 5 heteroatoms. The fraction of sp³-hybridized carbons (Fsp3) is 0.467. The summed E-state index contributed by atoms with van der Waals surface area (Å²) in [7, 11) is 0. The highest BCUT2D eigenvalue weighted by atomic mass is 16.4. The number of rotatable bonds is 6. The Kier molecular flexibility index (Phi) is 6.03. The molecule has 1 aromatic carbocycles. The summed E-state index contributed by atoms with van der Waals surface area (Å²) < 4.78 is 0. The van der Waals surface area contributed by atoms with Crippen LogP contribution in [0.3, 0.4) is 0 Å². The van der Waals surface area contributed by atoms with Crippen molar-refractivity contribution in [3.05, 3.63) is 30.3 Å². The minimum Gasteiger partial charge on any atom is -0.480 e. The Labute approximate surface area is 119 Å². The first-order chi connectivity index (χ1) is 9.45. The molecule has 1 aromatic rings. The number of hydrogen-bond donors (Lipinski definition) is 2. The van der Waals surface area contributed by atoms with Gasteiger partial charge in [-0.05, 0) is 24.5 Å². The van der Waals surface area contributed by atoms with Crippen molar-refractivity contribution in [1.82, 2.24) is 5.32 Å². The first-order valence-electron chi connectivity index (χ1n) is 6.80. The molecule has 0 saturated carbocycles. The summed E-state index contributed by atoms with van der Waals surface area (Å²) in [5, 5.41) is 11.9. The van der Waals surface area contributed by atoms with Crippen molar-refractivity contribution in [2.45, 2.75) is 33.2 Å². The highest BCUT2D eigenvalue weighted by Gasteiger charge is 2.22. The molecule has 2 N–H and O–H groups in total. The summed E-state index contributed by atoms with van der Waals surface area (Å²) in [4.78, 5) is 24.5. The Bertz CT molecular complexity index is 446. The summed E-state index contributed by atoms with van der Waals surface area (Å²) in [6.45, 7) is 5.69. The second-order valence-corrected chi connectivity index (χ2v) is 5.02. The molecule has 110 valence electrons. The SMILES string of the molecule is CCC(NC(=O)N(CC(=O)O)c1ccccc1)C(C)C. The first-order valence-corrected chi connectivity index (χ1v) is 6.80. The number of para-hydroxylation sites is 1. The minimum absolute atomic E-state index is 0.0301. The van der Waals surface area contributed by atoms with Gasteiger partial charge in [-0.25, -0.2) is 4.79 Å². The summed E-state index contributed by atoms with van der Waals surface area (Å²) >= 11 is 0. The van der Waals surface area contributed by atoms with Gasteiger partial charge >= 0.3 is 12.0 Å². The van der Waals surface area contributed by atoms with Gasteiger partial charge in [0.25, 0.3) is 0 Å². The van der Waals surface area contributed by atoms with Gasteiger partial charge in [-0.15, -0.1) is 0 Å². The van der Waals surface area contributed by atoms with Gasteiger partial charge in [-0.1, -0.05) is 39.0 Å². The number of anilines is 1. The van der Waals surface area contributed by atoms with Crippen LogP contribution in [-0.4, -0.2) is 29.7 Å². The molecule has 0 radical (unpaired) electrons. The molecule has 1 rings (SSSR count). The van der Waals surface area contributed by atoms with Gasteiger partial charge in [0.1, 0.15) is 6.54 Å². The average molecular weight is 278 g/mol. The number of carboxylic acid groups (broad SMARTS) is 1. The van der Waals surface area contributed by atoms with Gasteiger partial charge in [0.15, 0.2) is 0 Å². The number of nitrogens with zero attached hydrogens (tertiary/aromatic N) is 1. The number of carbonyl (C=O) groups excluding carboxylic acids is 1. The number of carbonyl (C=O) groups is 2. The van der Waals surface area contributed by atoms with Crippen molar-refractivity contribution < 1.29 is 14.7 Å². The van der Waals surface area contributed by atoms with Crippen molar-refractivity contribution in [2.24, 2.45) is 5.92 Å². The topological polar surface area (TPSA) is 69.6 Å². The van der Waals surface area contributed by atoms with E-state index in [0.717, 1.165) is 6.42 Å². The molecule has 1 atom stereocenters. The van der Waals surface area contributed by atoms with E-state index >= 15 is 0 Å². The summed E-state index contributed by atoms with van der Waals surface area (Å²) in [5.74, 6) is -0.743. The Morgan fingerprint density at radius 2 is 1.85 bits per heavy atom. The second-order valence-electron chi connectivity index (χ2n) is 5.02. The van der Waals surface area contributed by atoms with Crippen LogP contribution in [0.15, 0.2) is 30.3 Å². The van der Waals surface area contributed by atoms with Crippen molar-refractivity contribution in [2.75, 3.05) is 11.4 Å². The third kappa shape index (κ3) is 4.57. The van der Waals surface area contributed by atoms with E-state index in [-0.39, 0.29) is 18.6 Å². The van der Waals surface area contributed by atoms with E-state index in [2.05, 4.69) is 5.32 Å². The van der Waals surface area contributed by atoms with Gasteiger partial charge in [-0.3, -0.25) is 9.69 Å². The predicted octanol–water partition coefficient (Wildman–Crippen LogP) is 2.72. The number of amides is 2. The molecule has 0 heterocycles. The summed E-state index contributed by atoms with van der Waals surface area (Å²) in [6, 6.07) is 8.47.